The first kappa shape index (κ1) is 12.2. The highest BCUT2D eigenvalue weighted by molar-refractivity contribution is 5.74. The van der Waals surface area contributed by atoms with E-state index in [1.165, 1.54) is 12.5 Å². The van der Waals surface area contributed by atoms with Crippen LogP contribution in [-0.4, -0.2) is 30.8 Å². The minimum absolute atomic E-state index is 0.247. The summed E-state index contributed by atoms with van der Waals surface area (Å²) in [6.07, 6.45) is 2.64. The zero-order chi connectivity index (χ0) is 12.3. The van der Waals surface area contributed by atoms with Gasteiger partial charge in [-0.25, -0.2) is 4.39 Å². The van der Waals surface area contributed by atoms with E-state index in [-0.39, 0.29) is 5.82 Å². The zero-order valence-electron chi connectivity index (χ0n) is 10.2. The van der Waals surface area contributed by atoms with Crippen LogP contribution in [0.3, 0.4) is 0 Å². The van der Waals surface area contributed by atoms with Crippen molar-refractivity contribution < 1.29 is 9.18 Å². The van der Waals surface area contributed by atoms with Crippen LogP contribution in [0.25, 0.3) is 0 Å². The van der Waals surface area contributed by atoms with E-state index in [4.69, 9.17) is 0 Å². The van der Waals surface area contributed by atoms with Gasteiger partial charge in [-0.3, -0.25) is 4.79 Å². The monoisotopic (exact) mass is 235 g/mol. The summed E-state index contributed by atoms with van der Waals surface area (Å²) < 4.78 is 13.6. The quantitative estimate of drug-likeness (QED) is 0.731. The first-order valence-corrected chi connectivity index (χ1v) is 6.19. The van der Waals surface area contributed by atoms with E-state index in [2.05, 4.69) is 11.8 Å². The van der Waals surface area contributed by atoms with Gasteiger partial charge in [-0.05, 0) is 36.9 Å². The Kier molecular flexibility index (Phi) is 3.89. The molecule has 0 saturated carbocycles. The molecule has 1 aliphatic rings. The first-order chi connectivity index (χ1) is 8.22. The second-order valence-corrected chi connectivity index (χ2v) is 4.80. The molecule has 2 rings (SSSR count). The van der Waals surface area contributed by atoms with Crippen LogP contribution in [0.1, 0.15) is 29.3 Å². The Morgan fingerprint density at radius 2 is 2.24 bits per heavy atom. The molecular weight excluding hydrogens is 217 g/mol. The van der Waals surface area contributed by atoms with Gasteiger partial charge in [0.25, 0.3) is 0 Å². The average Bonchev–Trinajstić information content (AvgIpc) is 2.28. The molecule has 2 nitrogen and oxygen atoms in total. The fraction of sp³-hybridized carbons (Fsp3) is 0.500. The highest BCUT2D eigenvalue weighted by Gasteiger charge is 2.26. The molecule has 3 heteroatoms. The van der Waals surface area contributed by atoms with Crippen LogP contribution >= 0.6 is 0 Å². The minimum Gasteiger partial charge on any atom is -0.303 e. The van der Waals surface area contributed by atoms with Crippen molar-refractivity contribution in [3.05, 3.63) is 35.1 Å². The minimum atomic E-state index is -0.247. The Morgan fingerprint density at radius 3 is 2.82 bits per heavy atom. The van der Waals surface area contributed by atoms with Crippen LogP contribution in [0.4, 0.5) is 4.39 Å². The van der Waals surface area contributed by atoms with Gasteiger partial charge in [-0.2, -0.15) is 0 Å². The molecule has 1 aromatic rings. The number of hydrogen-bond donors (Lipinski definition) is 0. The number of carbonyl (C=O) groups excluding carboxylic acids is 1. The van der Waals surface area contributed by atoms with E-state index >= 15 is 0 Å². The lowest BCUT2D eigenvalue weighted by Gasteiger charge is -2.39. The summed E-state index contributed by atoms with van der Waals surface area (Å²) in [7, 11) is 0. The van der Waals surface area contributed by atoms with Gasteiger partial charge in [-0.1, -0.05) is 19.1 Å². The number of nitrogens with zero attached hydrogens (tertiary/aromatic N) is 1. The standard InChI is InChI=1S/C14H18FNO/c1-2-5-16-8-12(9-16)6-13-4-3-11(10-17)7-14(13)15/h3-4,7,10,12H,2,5-6,8-9H2,1H3. The van der Waals surface area contributed by atoms with Gasteiger partial charge in [0.2, 0.25) is 0 Å². The van der Waals surface area contributed by atoms with E-state index in [9.17, 15) is 9.18 Å². The Balaban J connectivity index is 1.90. The third kappa shape index (κ3) is 2.91. The molecule has 0 spiro atoms. The highest BCUT2D eigenvalue weighted by Crippen LogP contribution is 2.22. The van der Waals surface area contributed by atoms with Crippen LogP contribution in [0.15, 0.2) is 18.2 Å². The van der Waals surface area contributed by atoms with Crippen molar-refractivity contribution in [2.75, 3.05) is 19.6 Å². The van der Waals surface area contributed by atoms with Crippen LogP contribution < -0.4 is 0 Å². The number of rotatable bonds is 5. The van der Waals surface area contributed by atoms with Crippen LogP contribution in [0, 0.1) is 11.7 Å². The molecule has 0 radical (unpaired) electrons. The molecule has 1 aromatic carbocycles. The number of aldehydes is 1. The third-order valence-electron chi connectivity index (χ3n) is 3.29. The van der Waals surface area contributed by atoms with Gasteiger partial charge in [-0.15, -0.1) is 0 Å². The Labute approximate surface area is 101 Å². The highest BCUT2D eigenvalue weighted by atomic mass is 19.1. The summed E-state index contributed by atoms with van der Waals surface area (Å²) in [5.41, 5.74) is 1.14. The lowest BCUT2D eigenvalue weighted by molar-refractivity contribution is 0.100. The summed E-state index contributed by atoms with van der Waals surface area (Å²) in [6.45, 7) is 5.46. The molecule has 1 fully saturated rings. The van der Waals surface area contributed by atoms with E-state index < -0.39 is 0 Å². The number of likely N-dealkylation sites (tertiary alicyclic amines) is 1. The van der Waals surface area contributed by atoms with Gasteiger partial charge in [0.05, 0.1) is 0 Å². The largest absolute Gasteiger partial charge is 0.303 e. The van der Waals surface area contributed by atoms with Gasteiger partial charge in [0.15, 0.2) is 0 Å². The van der Waals surface area contributed by atoms with Crippen molar-refractivity contribution in [2.45, 2.75) is 19.8 Å². The van der Waals surface area contributed by atoms with Gasteiger partial charge in [0.1, 0.15) is 12.1 Å². The topological polar surface area (TPSA) is 20.3 Å². The first-order valence-electron chi connectivity index (χ1n) is 6.19. The fourth-order valence-corrected chi connectivity index (χ4v) is 2.42. The van der Waals surface area contributed by atoms with E-state index in [0.29, 0.717) is 17.8 Å². The lowest BCUT2D eigenvalue weighted by atomic mass is 9.91. The second kappa shape index (κ2) is 5.41. The summed E-state index contributed by atoms with van der Waals surface area (Å²) in [5.74, 6) is 0.321. The van der Waals surface area contributed by atoms with Gasteiger partial charge in [0, 0.05) is 18.7 Å². The van der Waals surface area contributed by atoms with Gasteiger partial charge >= 0.3 is 0 Å². The summed E-state index contributed by atoms with van der Waals surface area (Å²) >= 11 is 0. The van der Waals surface area contributed by atoms with Crippen LogP contribution in [-0.2, 0) is 6.42 Å². The Hall–Kier alpha value is -1.22. The molecule has 1 aliphatic heterocycles. The normalized spacial score (nSPS) is 16.8. The molecule has 92 valence electrons. The maximum atomic E-state index is 13.6. The number of hydrogen-bond acceptors (Lipinski definition) is 2. The Morgan fingerprint density at radius 1 is 1.47 bits per heavy atom. The summed E-state index contributed by atoms with van der Waals surface area (Å²) in [5, 5.41) is 0. The smallest absolute Gasteiger partial charge is 0.150 e. The molecule has 0 amide bonds. The zero-order valence-corrected chi connectivity index (χ0v) is 10.2. The Bertz CT molecular complexity index is 399. The van der Waals surface area contributed by atoms with Crippen molar-refractivity contribution in [1.82, 2.24) is 4.90 Å². The lowest BCUT2D eigenvalue weighted by Crippen LogP contribution is -2.47. The van der Waals surface area contributed by atoms with Crippen molar-refractivity contribution in [3.8, 4) is 0 Å². The molecule has 0 unspecified atom stereocenters. The predicted octanol–water partition coefficient (Wildman–Crippen LogP) is 2.52. The fourth-order valence-electron chi connectivity index (χ4n) is 2.42. The van der Waals surface area contributed by atoms with E-state index in [1.54, 1.807) is 12.1 Å². The van der Waals surface area contributed by atoms with Crippen molar-refractivity contribution in [2.24, 2.45) is 5.92 Å². The van der Waals surface area contributed by atoms with Crippen molar-refractivity contribution >= 4 is 6.29 Å². The van der Waals surface area contributed by atoms with Crippen molar-refractivity contribution in [3.63, 3.8) is 0 Å². The second-order valence-electron chi connectivity index (χ2n) is 4.80. The summed E-state index contributed by atoms with van der Waals surface area (Å²) in [6, 6.07) is 4.75. The van der Waals surface area contributed by atoms with E-state index in [0.717, 1.165) is 31.6 Å². The molecule has 0 bridgehead atoms. The molecule has 0 aliphatic carbocycles. The molecule has 0 N–H and O–H groups in total. The maximum Gasteiger partial charge on any atom is 0.150 e. The molecule has 17 heavy (non-hydrogen) atoms. The van der Waals surface area contributed by atoms with Crippen molar-refractivity contribution in [1.29, 1.82) is 0 Å². The predicted molar refractivity (Wildman–Crippen MR) is 65.7 cm³/mol. The molecule has 1 saturated heterocycles. The number of benzene rings is 1. The summed E-state index contributed by atoms with van der Waals surface area (Å²) in [4.78, 5) is 12.9. The average molecular weight is 235 g/mol. The molecular formula is C14H18FNO. The molecule has 0 aromatic heterocycles. The van der Waals surface area contributed by atoms with Gasteiger partial charge < -0.3 is 4.90 Å². The molecule has 1 heterocycles. The van der Waals surface area contributed by atoms with Crippen LogP contribution in [0.5, 0.6) is 0 Å². The molecule has 0 atom stereocenters. The van der Waals surface area contributed by atoms with Crippen LogP contribution in [0.2, 0.25) is 0 Å². The number of carbonyl (C=O) groups is 1. The SMILES string of the molecule is CCCN1CC(Cc2ccc(C=O)cc2F)C1. The maximum absolute atomic E-state index is 13.6. The van der Waals surface area contributed by atoms with E-state index in [1.807, 2.05) is 0 Å². The third-order valence-corrected chi connectivity index (χ3v) is 3.29. The number of halogens is 1.